The van der Waals surface area contributed by atoms with Crippen molar-refractivity contribution in [2.75, 3.05) is 5.32 Å². The van der Waals surface area contributed by atoms with E-state index in [0.29, 0.717) is 35.0 Å². The van der Waals surface area contributed by atoms with Crippen molar-refractivity contribution in [1.29, 1.82) is 0 Å². The maximum absolute atomic E-state index is 13.8. The van der Waals surface area contributed by atoms with E-state index in [1.54, 1.807) is 41.1 Å². The molecule has 2 aliphatic carbocycles. The fraction of sp³-hybridized carbons (Fsp3) is 0.294. The van der Waals surface area contributed by atoms with Crippen molar-refractivity contribution >= 4 is 40.4 Å². The third-order valence-electron chi connectivity index (χ3n) is 8.65. The summed E-state index contributed by atoms with van der Waals surface area (Å²) >= 11 is 0. The van der Waals surface area contributed by atoms with Crippen molar-refractivity contribution < 1.29 is 19.5 Å². The van der Waals surface area contributed by atoms with Crippen LogP contribution < -0.4 is 16.2 Å². The molecule has 0 bridgehead atoms. The van der Waals surface area contributed by atoms with E-state index < -0.39 is 17.4 Å². The summed E-state index contributed by atoms with van der Waals surface area (Å²) in [7, 11) is 0. The molecule has 3 aromatic carbocycles. The smallest absolute Gasteiger partial charge is 0.328 e. The summed E-state index contributed by atoms with van der Waals surface area (Å²) in [6.45, 7) is 0. The van der Waals surface area contributed by atoms with Gasteiger partial charge in [0.15, 0.2) is 0 Å². The van der Waals surface area contributed by atoms with Gasteiger partial charge in [-0.3, -0.25) is 19.1 Å². The molecule has 4 aromatic rings. The Morgan fingerprint density at radius 2 is 1.60 bits per heavy atom. The van der Waals surface area contributed by atoms with Gasteiger partial charge in [0, 0.05) is 17.3 Å². The summed E-state index contributed by atoms with van der Waals surface area (Å²) in [4.78, 5) is 51.5. The number of para-hydroxylation sites is 1. The van der Waals surface area contributed by atoms with E-state index in [1.165, 1.54) is 12.5 Å². The number of nitrogens with zero attached hydrogens (tertiary/aromatic N) is 2. The van der Waals surface area contributed by atoms with Gasteiger partial charge in [-0.2, -0.15) is 0 Å². The number of benzene rings is 3. The van der Waals surface area contributed by atoms with Crippen LogP contribution in [0.1, 0.15) is 73.3 Å². The number of aromatic nitrogens is 2. The highest BCUT2D eigenvalue weighted by Crippen LogP contribution is 2.35. The molecule has 2 saturated carbocycles. The number of carboxylic acids is 1. The summed E-state index contributed by atoms with van der Waals surface area (Å²) in [6.07, 6.45) is 9.75. The number of rotatable bonds is 8. The van der Waals surface area contributed by atoms with Crippen molar-refractivity contribution in [3.8, 4) is 5.69 Å². The van der Waals surface area contributed by atoms with Crippen molar-refractivity contribution in [3.05, 3.63) is 100 Å². The fourth-order valence-corrected chi connectivity index (χ4v) is 6.19. The fourth-order valence-electron chi connectivity index (χ4n) is 6.19. The quantitative estimate of drug-likeness (QED) is 0.232. The van der Waals surface area contributed by atoms with Crippen LogP contribution in [0, 0.1) is 0 Å². The van der Waals surface area contributed by atoms with Gasteiger partial charge < -0.3 is 15.7 Å². The average Bonchev–Trinajstić information content (AvgIpc) is 3.30. The van der Waals surface area contributed by atoms with Gasteiger partial charge in [0.1, 0.15) is 5.54 Å². The molecule has 6 rings (SSSR count). The molecule has 2 fully saturated rings. The highest BCUT2D eigenvalue weighted by molar-refractivity contribution is 6.05. The van der Waals surface area contributed by atoms with Crippen LogP contribution in [0.25, 0.3) is 22.7 Å². The first-order chi connectivity index (χ1) is 20.8. The number of carboxylic acid groups (broad SMARTS) is 1. The number of aliphatic carboxylic acids is 1. The Balaban J connectivity index is 1.26. The largest absolute Gasteiger partial charge is 0.478 e. The third-order valence-corrected chi connectivity index (χ3v) is 8.65. The zero-order chi connectivity index (χ0) is 30.0. The maximum Gasteiger partial charge on any atom is 0.328 e. The summed E-state index contributed by atoms with van der Waals surface area (Å²) in [5.74, 6) is -1.75. The molecule has 2 amide bonds. The van der Waals surface area contributed by atoms with Crippen LogP contribution in [0.4, 0.5) is 5.69 Å². The normalized spacial score (nSPS) is 16.6. The minimum Gasteiger partial charge on any atom is -0.478 e. The molecule has 0 saturated heterocycles. The molecule has 0 aliphatic heterocycles. The van der Waals surface area contributed by atoms with E-state index in [-0.39, 0.29) is 17.5 Å². The Morgan fingerprint density at radius 3 is 2.26 bits per heavy atom. The number of anilines is 1. The molecule has 3 N–H and O–H groups in total. The molecule has 9 nitrogen and oxygen atoms in total. The number of hydrogen-bond donors (Lipinski definition) is 3. The number of amides is 2. The topological polar surface area (TPSA) is 122 Å². The molecule has 220 valence electrons. The highest BCUT2D eigenvalue weighted by Gasteiger charge is 2.45. The zero-order valence-electron chi connectivity index (χ0n) is 23.8. The minimum absolute atomic E-state index is 0.167. The molecule has 9 heteroatoms. The Bertz CT molecular complexity index is 1760. The lowest BCUT2D eigenvalue weighted by Gasteiger charge is -2.40. The number of hydrogen-bond acceptors (Lipinski definition) is 4. The molecular formula is C34H34N4O5. The summed E-state index contributed by atoms with van der Waals surface area (Å²) < 4.78 is 3.85. The molecular weight excluding hydrogens is 544 g/mol. The van der Waals surface area contributed by atoms with Gasteiger partial charge in [0.2, 0.25) is 5.91 Å². The molecule has 0 spiro atoms. The van der Waals surface area contributed by atoms with Gasteiger partial charge in [-0.25, -0.2) is 9.48 Å². The van der Waals surface area contributed by atoms with E-state index >= 15 is 0 Å². The molecule has 1 aromatic heterocycles. The number of fused-ring (bicyclic) bond motifs is 1. The lowest BCUT2D eigenvalue weighted by Crippen LogP contribution is -2.61. The van der Waals surface area contributed by atoms with Crippen LogP contribution in [0.5, 0.6) is 0 Å². The van der Waals surface area contributed by atoms with Crippen LogP contribution in [-0.2, 0) is 9.59 Å². The average molecular weight is 579 g/mol. The SMILES string of the molecule is O=C(O)/C=C/c1ccc(NC(=O)C2(NC(=O)c3ccc4c(c3)c(=O)n(-c3ccccc3)n4C3CCCCC3)CCC2)cc1. The van der Waals surface area contributed by atoms with Crippen LogP contribution in [0.3, 0.4) is 0 Å². The second-order valence-electron chi connectivity index (χ2n) is 11.5. The monoisotopic (exact) mass is 578 g/mol. The third kappa shape index (κ3) is 5.62. The number of carbonyl (C=O) groups is 3. The van der Waals surface area contributed by atoms with Gasteiger partial charge in [0.25, 0.3) is 11.5 Å². The minimum atomic E-state index is -1.05. The van der Waals surface area contributed by atoms with Gasteiger partial charge in [-0.05, 0) is 86.2 Å². The predicted molar refractivity (Wildman–Crippen MR) is 165 cm³/mol. The maximum atomic E-state index is 13.8. The van der Waals surface area contributed by atoms with E-state index in [2.05, 4.69) is 15.3 Å². The van der Waals surface area contributed by atoms with Crippen LogP contribution in [0.2, 0.25) is 0 Å². The van der Waals surface area contributed by atoms with Crippen LogP contribution >= 0.6 is 0 Å². The predicted octanol–water partition coefficient (Wildman–Crippen LogP) is 5.69. The molecule has 0 atom stereocenters. The van der Waals surface area contributed by atoms with Gasteiger partial charge in [-0.1, -0.05) is 49.6 Å². The van der Waals surface area contributed by atoms with Crippen molar-refractivity contribution in [2.24, 2.45) is 0 Å². The zero-order valence-corrected chi connectivity index (χ0v) is 23.8. The van der Waals surface area contributed by atoms with Crippen molar-refractivity contribution in [1.82, 2.24) is 14.7 Å². The number of nitrogens with one attached hydrogen (secondary N) is 2. The van der Waals surface area contributed by atoms with Crippen LogP contribution in [-0.4, -0.2) is 37.8 Å². The molecule has 1 heterocycles. The number of carbonyl (C=O) groups excluding carboxylic acids is 2. The summed E-state index contributed by atoms with van der Waals surface area (Å²) in [5, 5.41) is 15.1. The van der Waals surface area contributed by atoms with E-state index in [1.807, 2.05) is 36.4 Å². The van der Waals surface area contributed by atoms with E-state index in [9.17, 15) is 19.2 Å². The second kappa shape index (κ2) is 11.8. The molecule has 2 aliphatic rings. The Labute approximate surface area is 248 Å². The first-order valence-corrected chi connectivity index (χ1v) is 14.8. The van der Waals surface area contributed by atoms with Gasteiger partial charge in [-0.15, -0.1) is 0 Å². The van der Waals surface area contributed by atoms with Gasteiger partial charge in [0.05, 0.1) is 22.6 Å². The molecule has 0 radical (unpaired) electrons. The van der Waals surface area contributed by atoms with Gasteiger partial charge >= 0.3 is 5.97 Å². The summed E-state index contributed by atoms with van der Waals surface area (Å²) in [5.41, 5.74) is 1.94. The van der Waals surface area contributed by atoms with E-state index in [4.69, 9.17) is 5.11 Å². The standard InChI is InChI=1S/C34H34N4O5/c39-30(40)19-14-23-12-16-25(17-13-23)35-33(43)34(20-7-21-34)36-31(41)24-15-18-29-28(22-24)32(42)38(27-10-5-2-6-11-27)37(29)26-8-3-1-4-9-26/h2,5-6,10-19,22,26H,1,3-4,7-9,20-21H2,(H,35,43)(H,36,41)(H,39,40)/b19-14+. The van der Waals surface area contributed by atoms with Crippen LogP contribution in [0.15, 0.2) is 83.7 Å². The lowest BCUT2D eigenvalue weighted by atomic mass is 9.75. The Kier molecular flexibility index (Phi) is 7.71. The lowest BCUT2D eigenvalue weighted by molar-refractivity contribution is -0.131. The van der Waals surface area contributed by atoms with Crippen molar-refractivity contribution in [3.63, 3.8) is 0 Å². The second-order valence-corrected chi connectivity index (χ2v) is 11.5. The molecule has 0 unspecified atom stereocenters. The molecule has 43 heavy (non-hydrogen) atoms. The Morgan fingerprint density at radius 1 is 0.884 bits per heavy atom. The first-order valence-electron chi connectivity index (χ1n) is 14.8. The summed E-state index contributed by atoms with van der Waals surface area (Å²) in [6, 6.07) is 21.8. The van der Waals surface area contributed by atoms with E-state index in [0.717, 1.165) is 49.4 Å². The Hall–Kier alpha value is -4.92. The first kappa shape index (κ1) is 28.2. The highest BCUT2D eigenvalue weighted by atomic mass is 16.4. The van der Waals surface area contributed by atoms with Crippen molar-refractivity contribution in [2.45, 2.75) is 62.9 Å².